The molecule has 0 amide bonds. The van der Waals surface area contributed by atoms with Gasteiger partial charge in [0.05, 0.1) is 4.90 Å². The molecule has 132 valence electrons. The molecule has 0 aliphatic carbocycles. The number of allylic oxidation sites excluding steroid dienone is 1. The van der Waals surface area contributed by atoms with Gasteiger partial charge in [0.15, 0.2) is 5.78 Å². The first-order valence-corrected chi connectivity index (χ1v) is 9.46. The Hall–Kier alpha value is -2.67. The number of ketones is 1. The Kier molecular flexibility index (Phi) is 5.08. The van der Waals surface area contributed by atoms with Crippen LogP contribution in [0.25, 0.3) is 17.4 Å². The van der Waals surface area contributed by atoms with Gasteiger partial charge in [-0.3, -0.25) is 4.79 Å². The average Bonchev–Trinajstić information content (AvgIpc) is 3.09. The van der Waals surface area contributed by atoms with Crippen LogP contribution in [0.5, 0.6) is 0 Å². The number of benzene rings is 2. The fourth-order valence-electron chi connectivity index (χ4n) is 2.27. The summed E-state index contributed by atoms with van der Waals surface area (Å²) in [5.41, 5.74) is 1.22. The molecule has 0 unspecified atom stereocenters. The molecule has 0 bridgehead atoms. The van der Waals surface area contributed by atoms with Crippen LogP contribution in [0.3, 0.4) is 0 Å². The lowest BCUT2D eigenvalue weighted by Crippen LogP contribution is -2.11. The number of carbonyl (C=O) groups excluding carboxylic acids is 1. The van der Waals surface area contributed by atoms with Gasteiger partial charge >= 0.3 is 0 Å². The van der Waals surface area contributed by atoms with Crippen molar-refractivity contribution in [1.29, 1.82) is 0 Å². The van der Waals surface area contributed by atoms with Crippen molar-refractivity contribution in [2.24, 2.45) is 5.14 Å². The van der Waals surface area contributed by atoms with E-state index in [4.69, 9.17) is 21.2 Å². The Morgan fingerprint density at radius 1 is 0.962 bits per heavy atom. The molecule has 26 heavy (non-hydrogen) atoms. The van der Waals surface area contributed by atoms with E-state index < -0.39 is 10.0 Å². The lowest BCUT2D eigenvalue weighted by atomic mass is 10.1. The molecule has 0 aliphatic heterocycles. The summed E-state index contributed by atoms with van der Waals surface area (Å²) in [5.74, 6) is 0.875. The summed E-state index contributed by atoms with van der Waals surface area (Å²) in [4.78, 5) is 12.1. The van der Waals surface area contributed by atoms with E-state index in [0.717, 1.165) is 0 Å². The zero-order chi connectivity index (χ0) is 18.7. The van der Waals surface area contributed by atoms with Gasteiger partial charge in [0.1, 0.15) is 11.5 Å². The van der Waals surface area contributed by atoms with Crippen LogP contribution in [-0.2, 0) is 10.0 Å². The molecule has 0 saturated heterocycles. The van der Waals surface area contributed by atoms with E-state index in [1.165, 1.54) is 18.2 Å². The van der Waals surface area contributed by atoms with E-state index >= 15 is 0 Å². The zero-order valence-corrected chi connectivity index (χ0v) is 15.0. The third-order valence-corrected chi connectivity index (χ3v) is 4.80. The van der Waals surface area contributed by atoms with E-state index in [9.17, 15) is 13.2 Å². The molecule has 0 fully saturated rings. The van der Waals surface area contributed by atoms with Crippen molar-refractivity contribution in [2.75, 3.05) is 0 Å². The fraction of sp³-hybridized carbons (Fsp3) is 0. The number of halogens is 1. The second-order valence-corrected chi connectivity index (χ2v) is 7.47. The van der Waals surface area contributed by atoms with Gasteiger partial charge in [-0.05, 0) is 72.8 Å². The second kappa shape index (κ2) is 7.29. The highest BCUT2D eigenvalue weighted by Gasteiger charge is 2.09. The number of primary sulfonamides is 1. The quantitative estimate of drug-likeness (QED) is 0.526. The van der Waals surface area contributed by atoms with Crippen LogP contribution in [0, 0.1) is 0 Å². The third-order valence-electron chi connectivity index (χ3n) is 3.62. The Morgan fingerprint density at radius 3 is 2.23 bits per heavy atom. The van der Waals surface area contributed by atoms with Gasteiger partial charge in [-0.25, -0.2) is 13.6 Å². The minimum absolute atomic E-state index is 0.0292. The van der Waals surface area contributed by atoms with E-state index in [1.807, 2.05) is 0 Å². The monoisotopic (exact) mass is 387 g/mol. The molecule has 7 heteroatoms. The smallest absolute Gasteiger partial charge is 0.238 e. The first-order valence-electron chi connectivity index (χ1n) is 7.54. The van der Waals surface area contributed by atoms with Crippen LogP contribution < -0.4 is 5.14 Å². The van der Waals surface area contributed by atoms with Crippen LogP contribution >= 0.6 is 11.6 Å². The van der Waals surface area contributed by atoms with Gasteiger partial charge in [0, 0.05) is 16.1 Å². The van der Waals surface area contributed by atoms with Crippen molar-refractivity contribution in [3.63, 3.8) is 0 Å². The Labute approximate surface area is 155 Å². The predicted octanol–water partition coefficient (Wildman–Crippen LogP) is 4.14. The predicted molar refractivity (Wildman–Crippen MR) is 100 cm³/mol. The van der Waals surface area contributed by atoms with E-state index in [0.29, 0.717) is 27.7 Å². The molecule has 2 aromatic carbocycles. The second-order valence-electron chi connectivity index (χ2n) is 5.48. The van der Waals surface area contributed by atoms with Gasteiger partial charge in [-0.1, -0.05) is 11.6 Å². The molecule has 1 aromatic heterocycles. The number of hydrogen-bond donors (Lipinski definition) is 1. The minimum Gasteiger partial charge on any atom is -0.457 e. The maximum absolute atomic E-state index is 12.1. The van der Waals surface area contributed by atoms with Crippen molar-refractivity contribution in [2.45, 2.75) is 4.90 Å². The summed E-state index contributed by atoms with van der Waals surface area (Å²) in [6.07, 6.45) is 2.98. The van der Waals surface area contributed by atoms with Crippen molar-refractivity contribution in [1.82, 2.24) is 0 Å². The molecule has 0 spiro atoms. The Morgan fingerprint density at radius 2 is 1.62 bits per heavy atom. The van der Waals surface area contributed by atoms with Crippen molar-refractivity contribution in [3.05, 3.63) is 83.1 Å². The van der Waals surface area contributed by atoms with E-state index in [1.54, 1.807) is 54.6 Å². The van der Waals surface area contributed by atoms with Crippen LogP contribution in [0.15, 0.2) is 76.1 Å². The number of nitrogens with two attached hydrogens (primary N) is 1. The molecule has 0 saturated carbocycles. The zero-order valence-electron chi connectivity index (χ0n) is 13.4. The van der Waals surface area contributed by atoms with Gasteiger partial charge in [0.25, 0.3) is 0 Å². The lowest BCUT2D eigenvalue weighted by Gasteiger charge is -2.00. The Balaban J connectivity index is 1.75. The molecule has 0 atom stereocenters. The lowest BCUT2D eigenvalue weighted by molar-refractivity contribution is 0.104. The van der Waals surface area contributed by atoms with Crippen LogP contribution in [0.2, 0.25) is 5.02 Å². The molecular weight excluding hydrogens is 374 g/mol. The van der Waals surface area contributed by atoms with Crippen molar-refractivity contribution < 1.29 is 17.6 Å². The molecule has 3 aromatic rings. The molecular formula is C19H14ClNO4S. The number of furan rings is 1. The number of hydrogen-bond acceptors (Lipinski definition) is 4. The summed E-state index contributed by atoms with van der Waals surface area (Å²) in [5, 5.41) is 5.64. The minimum atomic E-state index is -3.73. The summed E-state index contributed by atoms with van der Waals surface area (Å²) in [6, 6.07) is 16.1. The Bertz CT molecular complexity index is 1070. The van der Waals surface area contributed by atoms with Gasteiger partial charge < -0.3 is 4.42 Å². The highest BCUT2D eigenvalue weighted by atomic mass is 35.5. The van der Waals surface area contributed by atoms with Crippen molar-refractivity contribution in [3.8, 4) is 11.3 Å². The van der Waals surface area contributed by atoms with Crippen LogP contribution in [-0.4, -0.2) is 14.2 Å². The number of sulfonamides is 1. The van der Waals surface area contributed by atoms with Gasteiger partial charge in [-0.15, -0.1) is 0 Å². The number of carbonyl (C=O) groups is 1. The highest BCUT2D eigenvalue weighted by Crippen LogP contribution is 2.24. The summed E-state index contributed by atoms with van der Waals surface area (Å²) in [7, 11) is -3.73. The van der Waals surface area contributed by atoms with Crippen LogP contribution in [0.4, 0.5) is 0 Å². The molecule has 3 rings (SSSR count). The van der Waals surface area contributed by atoms with Crippen LogP contribution in [0.1, 0.15) is 16.1 Å². The summed E-state index contributed by atoms with van der Waals surface area (Å²) >= 11 is 5.80. The fourth-order valence-corrected chi connectivity index (χ4v) is 2.92. The molecule has 5 nitrogen and oxygen atoms in total. The molecule has 0 aliphatic rings. The average molecular weight is 388 g/mol. The topological polar surface area (TPSA) is 90.4 Å². The summed E-state index contributed by atoms with van der Waals surface area (Å²) in [6.45, 7) is 0. The highest BCUT2D eigenvalue weighted by molar-refractivity contribution is 7.89. The molecule has 1 heterocycles. The van der Waals surface area contributed by atoms with E-state index in [-0.39, 0.29) is 10.7 Å². The largest absolute Gasteiger partial charge is 0.457 e. The van der Waals surface area contributed by atoms with Crippen molar-refractivity contribution >= 4 is 33.5 Å². The third kappa shape index (κ3) is 4.29. The molecule has 0 radical (unpaired) electrons. The number of rotatable bonds is 5. The summed E-state index contributed by atoms with van der Waals surface area (Å²) < 4.78 is 28.2. The van der Waals surface area contributed by atoms with Gasteiger partial charge in [-0.2, -0.15) is 0 Å². The SMILES string of the molecule is NS(=O)(=O)c1ccc(-c2ccc(/C=C\C(=O)c3ccc(Cl)cc3)o2)cc1. The first-order chi connectivity index (χ1) is 12.3. The standard InChI is InChI=1S/C19H14ClNO4S/c20-15-5-1-13(2-6-15)18(22)11-7-16-8-12-19(25-16)14-3-9-17(10-4-14)26(21,23)24/h1-12H,(H2,21,23,24)/b11-7-. The maximum atomic E-state index is 12.1. The molecule has 2 N–H and O–H groups in total. The van der Waals surface area contributed by atoms with E-state index in [2.05, 4.69) is 0 Å². The van der Waals surface area contributed by atoms with Gasteiger partial charge in [0.2, 0.25) is 10.0 Å². The maximum Gasteiger partial charge on any atom is 0.238 e. The normalized spacial score (nSPS) is 11.8. The first kappa shape index (κ1) is 18.1.